The van der Waals surface area contributed by atoms with Crippen LogP contribution in [0.4, 0.5) is 0 Å². The number of phenols is 2. The van der Waals surface area contributed by atoms with Gasteiger partial charge in [0.05, 0.1) is 17.2 Å². The summed E-state index contributed by atoms with van der Waals surface area (Å²) in [7, 11) is 0. The number of para-hydroxylation sites is 1. The van der Waals surface area contributed by atoms with E-state index in [-0.39, 0.29) is 45.6 Å². The van der Waals surface area contributed by atoms with Gasteiger partial charge in [-0.05, 0) is 58.6 Å². The highest BCUT2D eigenvalue weighted by Gasteiger charge is 2.56. The van der Waals surface area contributed by atoms with Crippen molar-refractivity contribution in [2.45, 2.75) is 58.4 Å². The number of ketones is 3. The maximum atomic E-state index is 14.1. The molecule has 8 heteroatoms. The molecule has 2 aliphatic carbocycles. The van der Waals surface area contributed by atoms with E-state index < -0.39 is 28.5 Å². The number of phenolic OH excluding ortho intramolecular Hbond substituents is 2. The second-order valence-electron chi connectivity index (χ2n) is 10.5. The number of carbonyl (C=O) groups excluding carboxylic acids is 3. The summed E-state index contributed by atoms with van der Waals surface area (Å²) in [4.78, 5) is 43.3. The first-order valence-corrected chi connectivity index (χ1v) is 12.7. The highest BCUT2D eigenvalue weighted by Crippen LogP contribution is 2.57. The molecule has 38 heavy (non-hydrogen) atoms. The lowest BCUT2D eigenvalue weighted by Crippen LogP contribution is -2.41. The zero-order valence-corrected chi connectivity index (χ0v) is 21.6. The molecule has 0 unspecified atom stereocenters. The fourth-order valence-electron chi connectivity index (χ4n) is 6.26. The van der Waals surface area contributed by atoms with Crippen LogP contribution in [0.3, 0.4) is 0 Å². The van der Waals surface area contributed by atoms with Crippen molar-refractivity contribution in [1.29, 1.82) is 0 Å². The Morgan fingerprint density at radius 1 is 1.16 bits per heavy atom. The normalized spacial score (nSPS) is 23.4. The Morgan fingerprint density at radius 3 is 2.63 bits per heavy atom. The molecular formula is C30H28N2O6. The summed E-state index contributed by atoms with van der Waals surface area (Å²) in [6, 6.07) is 8.02. The van der Waals surface area contributed by atoms with Crippen molar-refractivity contribution in [2.75, 3.05) is 0 Å². The maximum Gasteiger partial charge on any atom is 0.194 e. The number of hydrogen-bond donors (Lipinski definition) is 4. The number of aryl methyl sites for hydroxylation is 1. The van der Waals surface area contributed by atoms with Crippen LogP contribution in [0.5, 0.6) is 17.2 Å². The molecule has 1 aromatic heterocycles. The lowest BCUT2D eigenvalue weighted by Gasteiger charge is -2.30. The third kappa shape index (κ3) is 3.06. The van der Waals surface area contributed by atoms with Crippen LogP contribution in [-0.4, -0.2) is 32.5 Å². The van der Waals surface area contributed by atoms with Crippen LogP contribution < -0.4 is 10.1 Å². The number of hydrogen-bond acceptors (Lipinski definition) is 7. The lowest BCUT2D eigenvalue weighted by molar-refractivity contribution is -0.123. The molecule has 0 saturated heterocycles. The number of ether oxygens (including phenoxy) is 1. The monoisotopic (exact) mass is 512 g/mol. The molecule has 6 rings (SSSR count). The minimum Gasteiger partial charge on any atom is -0.507 e. The maximum absolute atomic E-state index is 14.1. The number of fused-ring (bicyclic) bond motifs is 6. The Labute approximate surface area is 219 Å². The number of benzene rings is 2. The van der Waals surface area contributed by atoms with Gasteiger partial charge in [0.1, 0.15) is 34.0 Å². The van der Waals surface area contributed by atoms with Gasteiger partial charge >= 0.3 is 0 Å². The topological polar surface area (TPSA) is 129 Å². The van der Waals surface area contributed by atoms with E-state index in [1.54, 1.807) is 13.8 Å². The fraction of sp³-hybridized carbons (Fsp3) is 0.300. The lowest BCUT2D eigenvalue weighted by atomic mass is 9.70. The fourth-order valence-corrected chi connectivity index (χ4v) is 6.26. The minimum atomic E-state index is -1.53. The van der Waals surface area contributed by atoms with Gasteiger partial charge in [-0.25, -0.2) is 0 Å². The molecule has 0 spiro atoms. The molecule has 1 aliphatic heterocycles. The Bertz CT molecular complexity index is 1670. The predicted octanol–water partition coefficient (Wildman–Crippen LogP) is 4.72. The van der Waals surface area contributed by atoms with Gasteiger partial charge in [-0.3, -0.25) is 14.4 Å². The number of rotatable bonds is 3. The summed E-state index contributed by atoms with van der Waals surface area (Å²) in [5, 5.41) is 26.2. The van der Waals surface area contributed by atoms with Gasteiger partial charge in [0, 0.05) is 33.9 Å². The number of aromatic hydroxyl groups is 2. The predicted molar refractivity (Wildman–Crippen MR) is 140 cm³/mol. The van der Waals surface area contributed by atoms with Crippen LogP contribution in [0.25, 0.3) is 10.9 Å². The van der Waals surface area contributed by atoms with Crippen LogP contribution in [0.15, 0.2) is 47.4 Å². The van der Waals surface area contributed by atoms with Gasteiger partial charge in [0.2, 0.25) is 0 Å². The van der Waals surface area contributed by atoms with E-state index >= 15 is 0 Å². The molecule has 3 aromatic rings. The van der Waals surface area contributed by atoms with Crippen LogP contribution in [-0.2, 0) is 21.4 Å². The third-order valence-electron chi connectivity index (χ3n) is 8.27. The summed E-state index contributed by atoms with van der Waals surface area (Å²) in [6.07, 6.45) is 3.99. The van der Waals surface area contributed by atoms with Crippen molar-refractivity contribution in [3.63, 3.8) is 0 Å². The highest BCUT2D eigenvalue weighted by molar-refractivity contribution is 6.31. The average Bonchev–Trinajstić information content (AvgIpc) is 3.39. The van der Waals surface area contributed by atoms with Gasteiger partial charge in [-0.15, -0.1) is 0 Å². The summed E-state index contributed by atoms with van der Waals surface area (Å²) in [5.41, 5.74) is 2.26. The molecule has 0 fully saturated rings. The molecule has 0 radical (unpaired) electrons. The first-order chi connectivity index (χ1) is 18.1. The minimum absolute atomic E-state index is 0.0227. The second-order valence-corrected chi connectivity index (χ2v) is 10.5. The van der Waals surface area contributed by atoms with Crippen LogP contribution in [0.2, 0.25) is 0 Å². The molecule has 0 amide bonds. The zero-order valence-electron chi connectivity index (χ0n) is 21.6. The number of nitrogens with one attached hydrogen (secondary N) is 2. The van der Waals surface area contributed by atoms with E-state index in [1.807, 2.05) is 18.2 Å². The Balaban J connectivity index is 1.45. The second kappa shape index (κ2) is 8.08. The van der Waals surface area contributed by atoms with Crippen molar-refractivity contribution >= 4 is 28.3 Å². The first kappa shape index (κ1) is 24.0. The van der Waals surface area contributed by atoms with E-state index in [0.717, 1.165) is 30.5 Å². The molecule has 2 aromatic carbocycles. The largest absolute Gasteiger partial charge is 0.507 e. The Kier molecular flexibility index (Phi) is 5.11. The molecule has 0 bridgehead atoms. The number of H-pyrrole nitrogens is 1. The van der Waals surface area contributed by atoms with Crippen molar-refractivity contribution < 1.29 is 29.3 Å². The smallest absolute Gasteiger partial charge is 0.194 e. The van der Waals surface area contributed by atoms with Gasteiger partial charge < -0.3 is 25.3 Å². The van der Waals surface area contributed by atoms with E-state index in [1.165, 1.54) is 30.9 Å². The molecule has 2 atom stereocenters. The van der Waals surface area contributed by atoms with Crippen molar-refractivity contribution in [1.82, 2.24) is 10.3 Å². The van der Waals surface area contributed by atoms with Gasteiger partial charge in [-0.2, -0.15) is 0 Å². The number of aromatic amines is 1. The first-order valence-electron chi connectivity index (χ1n) is 12.7. The average molecular weight is 513 g/mol. The van der Waals surface area contributed by atoms with Crippen molar-refractivity contribution in [3.8, 4) is 17.2 Å². The summed E-state index contributed by atoms with van der Waals surface area (Å²) in [6.45, 7) is 6.02. The number of aromatic nitrogens is 1. The zero-order chi connectivity index (χ0) is 27.1. The van der Waals surface area contributed by atoms with E-state index in [4.69, 9.17) is 4.74 Å². The van der Waals surface area contributed by atoms with Crippen molar-refractivity contribution in [2.24, 2.45) is 0 Å². The molecule has 8 nitrogen and oxygen atoms in total. The molecule has 2 heterocycles. The quantitative estimate of drug-likeness (QED) is 0.227. The Morgan fingerprint density at radius 2 is 1.89 bits per heavy atom. The van der Waals surface area contributed by atoms with E-state index in [2.05, 4.69) is 16.4 Å². The third-order valence-corrected chi connectivity index (χ3v) is 8.27. The number of carbonyl (C=O) groups is 3. The molecule has 3 aliphatic rings. The van der Waals surface area contributed by atoms with Crippen molar-refractivity contribution in [3.05, 3.63) is 75.3 Å². The summed E-state index contributed by atoms with van der Waals surface area (Å²) < 4.78 is 5.85. The summed E-state index contributed by atoms with van der Waals surface area (Å²) in [5.74, 6) is -2.34. The van der Waals surface area contributed by atoms with Gasteiger partial charge in [0.15, 0.2) is 17.3 Å². The SMILES string of the molecule is CC(=O)c1c(O)c(C)c(O)c2c1OC1=CC(=O)/C(=C(/C)N[C@@H]3CCCc4c3[nH]c3ccccc43)C(=O)[C@@]12C. The number of allylic oxidation sites excluding steroid dienone is 4. The van der Waals surface area contributed by atoms with Crippen LogP contribution in [0, 0.1) is 6.92 Å². The van der Waals surface area contributed by atoms with E-state index in [9.17, 15) is 24.6 Å². The van der Waals surface area contributed by atoms with E-state index in [0.29, 0.717) is 5.70 Å². The molecule has 4 N–H and O–H groups in total. The highest BCUT2D eigenvalue weighted by atomic mass is 16.5. The summed E-state index contributed by atoms with van der Waals surface area (Å²) >= 11 is 0. The molecule has 194 valence electrons. The molecule has 0 saturated carbocycles. The van der Waals surface area contributed by atoms with Crippen LogP contribution >= 0.6 is 0 Å². The Hall–Kier alpha value is -4.33. The number of Topliss-reactive ketones (excluding diaryl/α,β-unsaturated/α-hetero) is 2. The van der Waals surface area contributed by atoms with Gasteiger partial charge in [-0.1, -0.05) is 18.2 Å². The van der Waals surface area contributed by atoms with Crippen LogP contribution in [0.1, 0.15) is 72.4 Å². The van der Waals surface area contributed by atoms with Gasteiger partial charge in [0.25, 0.3) is 0 Å². The standard InChI is InChI=1S/C30H28N2O6/c1-13-26(35)23(15(3)33)28-24(27(13)36)30(4)21(38-28)12-20(34)22(29(30)37)14(2)31-19-11-7-9-17-16-8-5-6-10-18(16)32-25(17)19/h5-6,8,10,12,19,31-32,35-36H,7,9,11H2,1-4H3/b22-14+/t19-,30+/m1/s1. The molecular weight excluding hydrogens is 484 g/mol.